The van der Waals surface area contributed by atoms with Gasteiger partial charge in [-0.25, -0.2) is 0 Å². The first kappa shape index (κ1) is 25.3. The van der Waals surface area contributed by atoms with E-state index in [1.807, 2.05) is 30.5 Å². The second kappa shape index (κ2) is 11.7. The van der Waals surface area contributed by atoms with Gasteiger partial charge in [0.15, 0.2) is 0 Å². The molecule has 0 fully saturated rings. The standard InChI is InChI=1S/C24H26N8O2.ClH/c25-23(26)15-4-3-5-17(12-15)31-22(20-9-11-30-32-20)24(34)29-14-21(33)27-10-8-16-13-28-19-7-2-1-6-18(16)19;/h1-7,9,11-13,22,28,31H,8,10,14H2,(H3,25,26)(H,27,33)(H,29,34)(H,30,32);1H. The Morgan fingerprint density at radius 2 is 1.91 bits per heavy atom. The number of nitrogen functional groups attached to an aromatic ring is 1. The van der Waals surface area contributed by atoms with Crippen LogP contribution in [0.5, 0.6) is 0 Å². The van der Waals surface area contributed by atoms with Gasteiger partial charge in [-0.05, 0) is 36.2 Å². The molecule has 0 radical (unpaired) electrons. The number of nitrogens with two attached hydrogens (primary N) is 1. The average Bonchev–Trinajstić information content (AvgIpc) is 3.52. The van der Waals surface area contributed by atoms with E-state index in [0.29, 0.717) is 29.9 Å². The number of H-pyrrole nitrogens is 2. The zero-order valence-electron chi connectivity index (χ0n) is 18.8. The van der Waals surface area contributed by atoms with Crippen molar-refractivity contribution in [2.75, 3.05) is 18.4 Å². The van der Waals surface area contributed by atoms with Crippen LogP contribution in [0, 0.1) is 5.41 Å². The zero-order valence-corrected chi connectivity index (χ0v) is 19.6. The van der Waals surface area contributed by atoms with Gasteiger partial charge in [-0.2, -0.15) is 5.10 Å². The first-order valence-electron chi connectivity index (χ1n) is 10.8. The third kappa shape index (κ3) is 6.39. The van der Waals surface area contributed by atoms with E-state index in [0.717, 1.165) is 16.5 Å². The number of fused-ring (bicyclic) bond motifs is 1. The first-order valence-corrected chi connectivity index (χ1v) is 10.8. The van der Waals surface area contributed by atoms with E-state index in [-0.39, 0.29) is 30.7 Å². The Hall–Kier alpha value is -4.31. The van der Waals surface area contributed by atoms with Crippen molar-refractivity contribution in [2.45, 2.75) is 12.5 Å². The van der Waals surface area contributed by atoms with Gasteiger partial charge in [0.05, 0.1) is 12.2 Å². The van der Waals surface area contributed by atoms with Gasteiger partial charge in [0.2, 0.25) is 11.8 Å². The Morgan fingerprint density at radius 1 is 1.09 bits per heavy atom. The van der Waals surface area contributed by atoms with E-state index in [4.69, 9.17) is 11.1 Å². The lowest BCUT2D eigenvalue weighted by Gasteiger charge is -2.18. The highest BCUT2D eigenvalue weighted by Gasteiger charge is 2.22. The molecular formula is C24H27ClN8O2. The predicted octanol–water partition coefficient (Wildman–Crippen LogP) is 2.23. The van der Waals surface area contributed by atoms with Crippen molar-refractivity contribution < 1.29 is 9.59 Å². The molecule has 2 heterocycles. The number of amidine groups is 1. The Kier molecular flexibility index (Phi) is 8.47. The number of nitrogens with one attached hydrogen (secondary N) is 6. The first-order chi connectivity index (χ1) is 16.5. The number of benzene rings is 2. The lowest BCUT2D eigenvalue weighted by Crippen LogP contribution is -2.41. The van der Waals surface area contributed by atoms with E-state index in [1.54, 1.807) is 36.5 Å². The van der Waals surface area contributed by atoms with Crippen molar-refractivity contribution in [3.05, 3.63) is 83.8 Å². The van der Waals surface area contributed by atoms with Crippen molar-refractivity contribution in [1.82, 2.24) is 25.8 Å². The molecular weight excluding hydrogens is 468 g/mol. The molecule has 0 aliphatic rings. The quantitative estimate of drug-likeness (QED) is 0.132. The van der Waals surface area contributed by atoms with Gasteiger partial charge >= 0.3 is 0 Å². The van der Waals surface area contributed by atoms with E-state index in [2.05, 4.69) is 31.1 Å². The molecule has 0 aliphatic carbocycles. The van der Waals surface area contributed by atoms with E-state index in [9.17, 15) is 9.59 Å². The van der Waals surface area contributed by atoms with Crippen LogP contribution < -0.4 is 21.7 Å². The molecule has 11 heteroatoms. The maximum atomic E-state index is 12.9. The molecule has 2 aromatic carbocycles. The average molecular weight is 495 g/mol. The maximum Gasteiger partial charge on any atom is 0.249 e. The summed E-state index contributed by atoms with van der Waals surface area (Å²) in [5, 5.41) is 24.0. The molecule has 8 N–H and O–H groups in total. The van der Waals surface area contributed by atoms with Crippen LogP contribution in [0.25, 0.3) is 10.9 Å². The topological polar surface area (TPSA) is 165 Å². The number of nitrogens with zero attached hydrogens (tertiary/aromatic N) is 1. The molecule has 1 unspecified atom stereocenters. The number of anilines is 1. The molecule has 182 valence electrons. The predicted molar refractivity (Wildman–Crippen MR) is 138 cm³/mol. The Balaban J connectivity index is 0.00000342. The van der Waals surface area contributed by atoms with Gasteiger partial charge in [-0.3, -0.25) is 20.1 Å². The lowest BCUT2D eigenvalue weighted by molar-refractivity contribution is -0.126. The second-order valence-corrected chi connectivity index (χ2v) is 7.76. The second-order valence-electron chi connectivity index (χ2n) is 7.76. The normalized spacial score (nSPS) is 11.3. The number of amides is 2. The summed E-state index contributed by atoms with van der Waals surface area (Å²) in [6, 6.07) is 15.7. The molecule has 0 aliphatic heterocycles. The Morgan fingerprint density at radius 3 is 2.69 bits per heavy atom. The van der Waals surface area contributed by atoms with Crippen LogP contribution in [0.1, 0.15) is 22.9 Å². The summed E-state index contributed by atoms with van der Waals surface area (Å²) >= 11 is 0. The highest BCUT2D eigenvalue weighted by Crippen LogP contribution is 2.20. The number of rotatable bonds is 10. The van der Waals surface area contributed by atoms with Crippen LogP contribution in [0.2, 0.25) is 0 Å². The minimum absolute atomic E-state index is 0. The zero-order chi connectivity index (χ0) is 23.9. The highest BCUT2D eigenvalue weighted by atomic mass is 35.5. The fourth-order valence-electron chi connectivity index (χ4n) is 3.66. The third-order valence-corrected chi connectivity index (χ3v) is 5.39. The number of hydrogen-bond donors (Lipinski definition) is 7. The van der Waals surface area contributed by atoms with Crippen LogP contribution >= 0.6 is 12.4 Å². The van der Waals surface area contributed by atoms with Gasteiger partial charge < -0.3 is 26.7 Å². The monoisotopic (exact) mass is 494 g/mol. The number of halogens is 1. The summed E-state index contributed by atoms with van der Waals surface area (Å²) < 4.78 is 0. The summed E-state index contributed by atoms with van der Waals surface area (Å²) in [4.78, 5) is 28.4. The molecule has 0 saturated heterocycles. The Labute approximate surface area is 208 Å². The van der Waals surface area contributed by atoms with Crippen molar-refractivity contribution in [3.63, 3.8) is 0 Å². The van der Waals surface area contributed by atoms with Gasteiger partial charge in [-0.1, -0.05) is 30.3 Å². The minimum Gasteiger partial charge on any atom is -0.384 e. The molecule has 1 atom stereocenters. The number of para-hydroxylation sites is 1. The number of carbonyl (C=O) groups excluding carboxylic acids is 2. The molecule has 4 aromatic rings. The van der Waals surface area contributed by atoms with E-state index >= 15 is 0 Å². The molecule has 2 amide bonds. The van der Waals surface area contributed by atoms with E-state index in [1.165, 1.54) is 0 Å². The number of carbonyl (C=O) groups is 2. The van der Waals surface area contributed by atoms with Gasteiger partial charge in [0.25, 0.3) is 0 Å². The number of hydrogen-bond acceptors (Lipinski definition) is 5. The Bertz CT molecular complexity index is 1300. The van der Waals surface area contributed by atoms with Crippen molar-refractivity contribution in [3.8, 4) is 0 Å². The van der Waals surface area contributed by atoms with Crippen LogP contribution in [0.15, 0.2) is 67.0 Å². The fraction of sp³-hybridized carbons (Fsp3) is 0.167. The van der Waals surface area contributed by atoms with E-state index < -0.39 is 11.9 Å². The molecule has 0 bridgehead atoms. The summed E-state index contributed by atoms with van der Waals surface area (Å²) in [7, 11) is 0. The molecule has 35 heavy (non-hydrogen) atoms. The fourth-order valence-corrected chi connectivity index (χ4v) is 3.66. The van der Waals surface area contributed by atoms with Crippen molar-refractivity contribution in [2.24, 2.45) is 5.73 Å². The third-order valence-electron chi connectivity index (χ3n) is 5.39. The minimum atomic E-state index is -0.816. The van der Waals surface area contributed by atoms with Crippen LogP contribution in [0.3, 0.4) is 0 Å². The van der Waals surface area contributed by atoms with Crippen LogP contribution in [0.4, 0.5) is 5.69 Å². The maximum absolute atomic E-state index is 12.9. The highest BCUT2D eigenvalue weighted by molar-refractivity contribution is 5.96. The summed E-state index contributed by atoms with van der Waals surface area (Å²) in [5.41, 5.74) is 9.41. The smallest absolute Gasteiger partial charge is 0.249 e. The molecule has 10 nitrogen and oxygen atoms in total. The lowest BCUT2D eigenvalue weighted by atomic mass is 10.1. The summed E-state index contributed by atoms with van der Waals surface area (Å²) in [6.07, 6.45) is 4.16. The number of aromatic amines is 2. The SMILES string of the molecule is Cl.N=C(N)c1cccc(NC(C(=O)NCC(=O)NCCc2c[nH]c3ccccc23)c2ccn[nH]2)c1. The number of aromatic nitrogens is 3. The van der Waals surface area contributed by atoms with Gasteiger partial charge in [0, 0.05) is 41.1 Å². The van der Waals surface area contributed by atoms with Crippen LogP contribution in [-0.2, 0) is 16.0 Å². The molecule has 0 spiro atoms. The molecule has 0 saturated carbocycles. The largest absolute Gasteiger partial charge is 0.384 e. The molecule has 2 aromatic heterocycles. The summed E-state index contributed by atoms with van der Waals surface area (Å²) in [5.74, 6) is -0.755. The summed E-state index contributed by atoms with van der Waals surface area (Å²) in [6.45, 7) is 0.295. The van der Waals surface area contributed by atoms with Crippen LogP contribution in [-0.4, -0.2) is 45.9 Å². The van der Waals surface area contributed by atoms with Gasteiger partial charge in [-0.15, -0.1) is 12.4 Å². The van der Waals surface area contributed by atoms with Gasteiger partial charge in [0.1, 0.15) is 11.9 Å². The van der Waals surface area contributed by atoms with Crippen molar-refractivity contribution in [1.29, 1.82) is 5.41 Å². The molecule has 4 rings (SSSR count). The van der Waals surface area contributed by atoms with Crippen molar-refractivity contribution >= 4 is 46.6 Å².